The summed E-state index contributed by atoms with van der Waals surface area (Å²) in [5, 5.41) is 7.73. The van der Waals surface area contributed by atoms with Crippen molar-refractivity contribution >= 4 is 5.65 Å². The van der Waals surface area contributed by atoms with Gasteiger partial charge in [-0.15, -0.1) is 10.2 Å². The van der Waals surface area contributed by atoms with E-state index in [1.54, 1.807) is 17.5 Å². The number of halogens is 5. The van der Waals surface area contributed by atoms with Crippen molar-refractivity contribution in [1.29, 1.82) is 0 Å². The molecular weight excluding hydrogens is 361 g/mol. The maximum Gasteiger partial charge on any atom is 0.346 e. The van der Waals surface area contributed by atoms with Crippen molar-refractivity contribution in [2.45, 2.75) is 31.3 Å². The standard InChI is InChI=1S/C15H10F5N5O/c1-7-23-24-12-5-21-10(6-25(7)12)8-2-9(16)13(22-4-8)26-11-3-14(17,18)15(11,19)20/h2,4-6,11H,3H2,1H3/t11-/m1/s1. The summed E-state index contributed by atoms with van der Waals surface area (Å²) in [6.45, 7) is 1.72. The Morgan fingerprint density at radius 3 is 2.58 bits per heavy atom. The van der Waals surface area contributed by atoms with Crippen LogP contribution in [0.4, 0.5) is 22.0 Å². The molecule has 0 N–H and O–H groups in total. The number of rotatable bonds is 3. The molecular formula is C15H10F5N5O. The number of aromatic nitrogens is 5. The van der Waals surface area contributed by atoms with Crippen molar-refractivity contribution < 1.29 is 26.7 Å². The first-order chi connectivity index (χ1) is 12.2. The van der Waals surface area contributed by atoms with Gasteiger partial charge in [-0.25, -0.2) is 9.37 Å². The molecule has 3 heterocycles. The molecule has 3 aromatic rings. The van der Waals surface area contributed by atoms with Crippen LogP contribution in [0, 0.1) is 12.7 Å². The lowest BCUT2D eigenvalue weighted by Gasteiger charge is -2.42. The van der Waals surface area contributed by atoms with Crippen molar-refractivity contribution in [3.8, 4) is 17.1 Å². The highest BCUT2D eigenvalue weighted by Crippen LogP contribution is 2.52. The Hall–Kier alpha value is -2.85. The molecule has 11 heteroatoms. The Kier molecular flexibility index (Phi) is 3.40. The second-order valence-corrected chi connectivity index (χ2v) is 5.90. The number of hydrogen-bond donors (Lipinski definition) is 0. The summed E-state index contributed by atoms with van der Waals surface area (Å²) in [6.07, 6.45) is 0.811. The van der Waals surface area contributed by atoms with Crippen molar-refractivity contribution in [2.24, 2.45) is 0 Å². The zero-order valence-corrected chi connectivity index (χ0v) is 13.1. The summed E-state index contributed by atoms with van der Waals surface area (Å²) in [6, 6.07) is 0.977. The van der Waals surface area contributed by atoms with Gasteiger partial charge in [0, 0.05) is 18.0 Å². The summed E-state index contributed by atoms with van der Waals surface area (Å²) in [5.41, 5.74) is 1.07. The van der Waals surface area contributed by atoms with Crippen LogP contribution in [-0.2, 0) is 0 Å². The number of alkyl halides is 4. The van der Waals surface area contributed by atoms with Gasteiger partial charge in [-0.1, -0.05) is 0 Å². The molecule has 26 heavy (non-hydrogen) atoms. The number of aryl methyl sites for hydroxylation is 1. The first-order valence-corrected chi connectivity index (χ1v) is 7.44. The Balaban J connectivity index is 1.60. The van der Waals surface area contributed by atoms with E-state index in [9.17, 15) is 22.0 Å². The summed E-state index contributed by atoms with van der Waals surface area (Å²) >= 11 is 0. The highest BCUT2D eigenvalue weighted by Gasteiger charge is 2.73. The second-order valence-electron chi connectivity index (χ2n) is 5.90. The topological polar surface area (TPSA) is 65.2 Å². The Bertz CT molecular complexity index is 1010. The Morgan fingerprint density at radius 2 is 1.92 bits per heavy atom. The van der Waals surface area contributed by atoms with E-state index in [-0.39, 0.29) is 5.56 Å². The molecule has 0 spiro atoms. The fourth-order valence-electron chi connectivity index (χ4n) is 2.57. The lowest BCUT2D eigenvalue weighted by molar-refractivity contribution is -0.324. The van der Waals surface area contributed by atoms with Crippen LogP contribution >= 0.6 is 0 Å². The molecule has 6 nitrogen and oxygen atoms in total. The Morgan fingerprint density at radius 1 is 1.15 bits per heavy atom. The van der Waals surface area contributed by atoms with Crippen LogP contribution in [-0.4, -0.2) is 42.5 Å². The van der Waals surface area contributed by atoms with E-state index in [1.807, 2.05) is 0 Å². The summed E-state index contributed by atoms with van der Waals surface area (Å²) < 4.78 is 72.6. The first kappa shape index (κ1) is 16.6. The molecule has 1 atom stereocenters. The molecule has 0 amide bonds. The van der Waals surface area contributed by atoms with E-state index in [4.69, 9.17) is 0 Å². The third-order valence-corrected chi connectivity index (χ3v) is 4.15. The maximum absolute atomic E-state index is 14.2. The zero-order chi connectivity index (χ0) is 18.7. The van der Waals surface area contributed by atoms with Crippen molar-refractivity contribution in [3.63, 3.8) is 0 Å². The average molecular weight is 371 g/mol. The second kappa shape index (κ2) is 5.32. The van der Waals surface area contributed by atoms with E-state index in [0.29, 0.717) is 17.2 Å². The van der Waals surface area contributed by atoms with Gasteiger partial charge in [-0.3, -0.25) is 9.38 Å². The maximum atomic E-state index is 14.2. The Labute approximate surface area is 142 Å². The molecule has 4 rings (SSSR count). The van der Waals surface area contributed by atoms with Gasteiger partial charge in [0.05, 0.1) is 18.3 Å². The van der Waals surface area contributed by atoms with Gasteiger partial charge in [0.25, 0.3) is 5.88 Å². The number of hydrogen-bond acceptors (Lipinski definition) is 5. The monoisotopic (exact) mass is 371 g/mol. The molecule has 1 aliphatic rings. The molecule has 0 radical (unpaired) electrons. The molecule has 1 saturated carbocycles. The molecule has 0 bridgehead atoms. The van der Waals surface area contributed by atoms with Crippen LogP contribution in [0.25, 0.3) is 16.9 Å². The molecule has 136 valence electrons. The van der Waals surface area contributed by atoms with Gasteiger partial charge < -0.3 is 4.74 Å². The van der Waals surface area contributed by atoms with Crippen molar-refractivity contribution in [1.82, 2.24) is 24.6 Å². The fourth-order valence-corrected chi connectivity index (χ4v) is 2.57. The summed E-state index contributed by atoms with van der Waals surface area (Å²) in [4.78, 5) is 7.73. The molecule has 1 aliphatic carbocycles. The minimum atomic E-state index is -4.36. The van der Waals surface area contributed by atoms with Gasteiger partial charge in [0.1, 0.15) is 5.82 Å². The molecule has 1 fully saturated rings. The van der Waals surface area contributed by atoms with Crippen LogP contribution < -0.4 is 4.74 Å². The highest BCUT2D eigenvalue weighted by molar-refractivity contribution is 5.59. The molecule has 3 aromatic heterocycles. The van der Waals surface area contributed by atoms with Crippen LogP contribution in [0.5, 0.6) is 5.88 Å². The third-order valence-electron chi connectivity index (χ3n) is 4.15. The minimum absolute atomic E-state index is 0.246. The van der Waals surface area contributed by atoms with Gasteiger partial charge in [0.2, 0.25) is 0 Å². The van der Waals surface area contributed by atoms with Crippen LogP contribution in [0.3, 0.4) is 0 Å². The quantitative estimate of drug-likeness (QED) is 0.662. The predicted octanol–water partition coefficient (Wildman–Crippen LogP) is 3.06. The molecule has 0 saturated heterocycles. The van der Waals surface area contributed by atoms with E-state index in [1.165, 1.54) is 6.20 Å². The molecule has 0 unspecified atom stereocenters. The normalized spacial score (nSPS) is 20.8. The fraction of sp³-hybridized carbons (Fsp3) is 0.333. The van der Waals surface area contributed by atoms with E-state index in [0.717, 1.165) is 12.3 Å². The third kappa shape index (κ3) is 2.37. The number of ether oxygens (including phenoxy) is 1. The number of pyridine rings is 1. The largest absolute Gasteiger partial charge is 0.465 e. The van der Waals surface area contributed by atoms with Gasteiger partial charge in [-0.2, -0.15) is 17.6 Å². The van der Waals surface area contributed by atoms with Crippen LogP contribution in [0.15, 0.2) is 24.7 Å². The van der Waals surface area contributed by atoms with Crippen molar-refractivity contribution in [3.05, 3.63) is 36.3 Å². The SMILES string of the molecule is Cc1nnc2cnc(-c3cnc(O[C@@H]4CC(F)(F)C4(F)F)c(F)c3)cn12. The number of nitrogens with zero attached hydrogens (tertiary/aromatic N) is 5. The molecule has 0 aromatic carbocycles. The summed E-state index contributed by atoms with van der Waals surface area (Å²) in [5.74, 6) is -9.76. The first-order valence-electron chi connectivity index (χ1n) is 7.44. The highest BCUT2D eigenvalue weighted by atomic mass is 19.3. The van der Waals surface area contributed by atoms with Gasteiger partial charge >= 0.3 is 11.8 Å². The smallest absolute Gasteiger partial charge is 0.346 e. The number of fused-ring (bicyclic) bond motifs is 1. The van der Waals surface area contributed by atoms with E-state index < -0.39 is 36.1 Å². The van der Waals surface area contributed by atoms with Gasteiger partial charge in [0.15, 0.2) is 17.6 Å². The van der Waals surface area contributed by atoms with Crippen LogP contribution in [0.1, 0.15) is 12.2 Å². The lowest BCUT2D eigenvalue weighted by Crippen LogP contribution is -2.64. The van der Waals surface area contributed by atoms with Gasteiger partial charge in [-0.05, 0) is 13.0 Å². The van der Waals surface area contributed by atoms with Crippen molar-refractivity contribution in [2.75, 3.05) is 0 Å². The molecule has 0 aliphatic heterocycles. The van der Waals surface area contributed by atoms with E-state index in [2.05, 4.69) is 24.9 Å². The van der Waals surface area contributed by atoms with E-state index >= 15 is 0 Å². The summed E-state index contributed by atoms with van der Waals surface area (Å²) in [7, 11) is 0. The average Bonchev–Trinajstić information content (AvgIpc) is 2.96. The predicted molar refractivity (Wildman–Crippen MR) is 77.6 cm³/mol. The van der Waals surface area contributed by atoms with Crippen LogP contribution in [0.2, 0.25) is 0 Å². The zero-order valence-electron chi connectivity index (χ0n) is 13.1. The minimum Gasteiger partial charge on any atom is -0.465 e. The lowest BCUT2D eigenvalue weighted by atomic mass is 9.85.